The first-order valence-electron chi connectivity index (χ1n) is 8.13. The van der Waals surface area contributed by atoms with Gasteiger partial charge in [-0.05, 0) is 55.3 Å². The molecule has 0 unspecified atom stereocenters. The Morgan fingerprint density at radius 2 is 1.76 bits per heavy atom. The highest BCUT2D eigenvalue weighted by atomic mass is 16.5. The third-order valence-corrected chi connectivity index (χ3v) is 3.76. The molecular formula is C20H19N3O2. The molecular weight excluding hydrogens is 314 g/mol. The molecule has 5 heteroatoms. The van der Waals surface area contributed by atoms with Crippen LogP contribution in [-0.4, -0.2) is 16.1 Å². The molecule has 1 amide bonds. The number of ether oxygens (including phenoxy) is 1. The normalized spacial score (nSPS) is 10.3. The molecule has 0 atom stereocenters. The van der Waals surface area contributed by atoms with Crippen LogP contribution in [0.3, 0.4) is 0 Å². The van der Waals surface area contributed by atoms with Crippen LogP contribution in [0.4, 0.5) is 5.69 Å². The lowest BCUT2D eigenvalue weighted by Crippen LogP contribution is -2.13. The molecule has 0 radical (unpaired) electrons. The number of aromatic nitrogens is 2. The van der Waals surface area contributed by atoms with Gasteiger partial charge >= 0.3 is 0 Å². The van der Waals surface area contributed by atoms with Gasteiger partial charge in [-0.15, -0.1) is 5.10 Å². The van der Waals surface area contributed by atoms with E-state index in [1.54, 1.807) is 30.3 Å². The van der Waals surface area contributed by atoms with Crippen molar-refractivity contribution in [3.8, 4) is 11.6 Å². The van der Waals surface area contributed by atoms with Gasteiger partial charge in [0.05, 0.1) is 5.69 Å². The zero-order valence-corrected chi connectivity index (χ0v) is 14.2. The predicted molar refractivity (Wildman–Crippen MR) is 97.1 cm³/mol. The van der Waals surface area contributed by atoms with Gasteiger partial charge in [-0.1, -0.05) is 25.1 Å². The van der Waals surface area contributed by atoms with Crippen LogP contribution in [0.15, 0.2) is 60.7 Å². The molecule has 1 aromatic heterocycles. The van der Waals surface area contributed by atoms with E-state index in [2.05, 4.69) is 22.4 Å². The van der Waals surface area contributed by atoms with Crippen molar-refractivity contribution in [3.05, 3.63) is 77.5 Å². The van der Waals surface area contributed by atoms with Gasteiger partial charge in [0.1, 0.15) is 5.75 Å². The van der Waals surface area contributed by atoms with Crippen molar-refractivity contribution >= 4 is 11.6 Å². The van der Waals surface area contributed by atoms with Crippen molar-refractivity contribution in [1.82, 2.24) is 10.2 Å². The Hall–Kier alpha value is -3.21. The summed E-state index contributed by atoms with van der Waals surface area (Å²) in [5, 5.41) is 10.9. The summed E-state index contributed by atoms with van der Waals surface area (Å²) in [5.74, 6) is 0.867. The Morgan fingerprint density at radius 1 is 1.00 bits per heavy atom. The van der Waals surface area contributed by atoms with Crippen molar-refractivity contribution in [1.29, 1.82) is 0 Å². The second-order valence-electron chi connectivity index (χ2n) is 5.60. The number of hydrogen-bond donors (Lipinski definition) is 1. The number of carbonyl (C=O) groups excluding carboxylic acids is 1. The lowest BCUT2D eigenvalue weighted by Gasteiger charge is -2.10. The topological polar surface area (TPSA) is 64.1 Å². The molecule has 25 heavy (non-hydrogen) atoms. The third kappa shape index (κ3) is 4.20. The minimum Gasteiger partial charge on any atom is -0.438 e. The maximum Gasteiger partial charge on any atom is 0.255 e. The Kier molecular flexibility index (Phi) is 5.04. The van der Waals surface area contributed by atoms with Crippen LogP contribution in [0.25, 0.3) is 0 Å². The van der Waals surface area contributed by atoms with Crippen LogP contribution in [0.1, 0.15) is 28.5 Å². The van der Waals surface area contributed by atoms with Crippen molar-refractivity contribution in [2.75, 3.05) is 5.32 Å². The van der Waals surface area contributed by atoms with Gasteiger partial charge in [0.25, 0.3) is 5.91 Å². The molecule has 126 valence electrons. The number of nitrogens with one attached hydrogen (secondary N) is 1. The molecule has 1 heterocycles. The van der Waals surface area contributed by atoms with Gasteiger partial charge in [-0.25, -0.2) is 0 Å². The number of para-hydroxylation sites is 1. The number of anilines is 1. The Bertz CT molecular complexity index is 859. The molecule has 0 aliphatic carbocycles. The van der Waals surface area contributed by atoms with Crippen molar-refractivity contribution < 1.29 is 9.53 Å². The Balaban J connectivity index is 1.69. The van der Waals surface area contributed by atoms with E-state index in [1.165, 1.54) is 0 Å². The molecule has 0 spiro atoms. The monoisotopic (exact) mass is 333 g/mol. The summed E-state index contributed by atoms with van der Waals surface area (Å²) in [6.45, 7) is 3.92. The van der Waals surface area contributed by atoms with E-state index in [0.717, 1.165) is 23.4 Å². The van der Waals surface area contributed by atoms with Crippen LogP contribution in [-0.2, 0) is 6.42 Å². The number of rotatable bonds is 5. The van der Waals surface area contributed by atoms with E-state index >= 15 is 0 Å². The van der Waals surface area contributed by atoms with Crippen LogP contribution < -0.4 is 10.1 Å². The van der Waals surface area contributed by atoms with Gasteiger partial charge in [0.2, 0.25) is 5.88 Å². The summed E-state index contributed by atoms with van der Waals surface area (Å²) in [4.78, 5) is 12.4. The quantitative estimate of drug-likeness (QED) is 0.752. The van der Waals surface area contributed by atoms with E-state index in [1.807, 2.05) is 37.3 Å². The maximum atomic E-state index is 12.4. The van der Waals surface area contributed by atoms with E-state index in [-0.39, 0.29) is 5.91 Å². The van der Waals surface area contributed by atoms with Crippen LogP contribution in [0.2, 0.25) is 0 Å². The number of benzene rings is 2. The molecule has 3 rings (SSSR count). The Labute approximate surface area is 146 Å². The summed E-state index contributed by atoms with van der Waals surface area (Å²) < 4.78 is 5.62. The standard InChI is InChI=1S/C20H19N3O2/c1-3-15-6-4-5-7-18(15)21-20(24)16-9-11-17(12-10-16)25-19-13-8-14(2)22-23-19/h4-13H,3H2,1-2H3,(H,21,24). The summed E-state index contributed by atoms with van der Waals surface area (Å²) >= 11 is 0. The first kappa shape index (κ1) is 16.6. The SMILES string of the molecule is CCc1ccccc1NC(=O)c1ccc(Oc2ccc(C)nn2)cc1. The molecule has 0 aliphatic rings. The smallest absolute Gasteiger partial charge is 0.255 e. The van der Waals surface area contributed by atoms with Crippen molar-refractivity contribution in [3.63, 3.8) is 0 Å². The number of nitrogens with zero attached hydrogens (tertiary/aromatic N) is 2. The molecule has 0 bridgehead atoms. The largest absolute Gasteiger partial charge is 0.438 e. The van der Waals surface area contributed by atoms with E-state index in [9.17, 15) is 4.79 Å². The molecule has 0 saturated heterocycles. The van der Waals surface area contributed by atoms with Crippen LogP contribution in [0, 0.1) is 6.92 Å². The fraction of sp³-hybridized carbons (Fsp3) is 0.150. The molecule has 0 fully saturated rings. The second-order valence-corrected chi connectivity index (χ2v) is 5.60. The van der Waals surface area contributed by atoms with Gasteiger partial charge in [0, 0.05) is 17.3 Å². The molecule has 0 aliphatic heterocycles. The average molecular weight is 333 g/mol. The third-order valence-electron chi connectivity index (χ3n) is 3.76. The fourth-order valence-electron chi connectivity index (χ4n) is 2.38. The Morgan fingerprint density at radius 3 is 2.44 bits per heavy atom. The zero-order valence-electron chi connectivity index (χ0n) is 14.2. The van der Waals surface area contributed by atoms with Crippen LogP contribution in [0.5, 0.6) is 11.6 Å². The highest BCUT2D eigenvalue weighted by molar-refractivity contribution is 6.04. The van der Waals surface area contributed by atoms with Crippen molar-refractivity contribution in [2.45, 2.75) is 20.3 Å². The summed E-state index contributed by atoms with van der Waals surface area (Å²) in [7, 11) is 0. The summed E-state index contributed by atoms with van der Waals surface area (Å²) in [5.41, 5.74) is 3.33. The predicted octanol–water partition coefficient (Wildman–Crippen LogP) is 4.39. The number of carbonyl (C=O) groups is 1. The van der Waals surface area contributed by atoms with E-state index in [0.29, 0.717) is 17.2 Å². The first-order chi connectivity index (χ1) is 12.2. The minimum absolute atomic E-state index is 0.150. The van der Waals surface area contributed by atoms with Gasteiger partial charge < -0.3 is 10.1 Å². The lowest BCUT2D eigenvalue weighted by atomic mass is 10.1. The molecule has 3 aromatic rings. The highest BCUT2D eigenvalue weighted by Gasteiger charge is 2.09. The summed E-state index contributed by atoms with van der Waals surface area (Å²) in [6, 6.07) is 18.3. The van der Waals surface area contributed by atoms with Crippen molar-refractivity contribution in [2.24, 2.45) is 0 Å². The molecule has 1 N–H and O–H groups in total. The summed E-state index contributed by atoms with van der Waals surface area (Å²) in [6.07, 6.45) is 0.862. The lowest BCUT2D eigenvalue weighted by molar-refractivity contribution is 0.102. The second kappa shape index (κ2) is 7.57. The zero-order chi connectivity index (χ0) is 17.6. The van der Waals surface area contributed by atoms with Crippen LogP contribution >= 0.6 is 0 Å². The fourth-order valence-corrected chi connectivity index (χ4v) is 2.38. The average Bonchev–Trinajstić information content (AvgIpc) is 2.64. The van der Waals surface area contributed by atoms with Gasteiger partial charge in [-0.2, -0.15) is 5.10 Å². The van der Waals surface area contributed by atoms with Gasteiger partial charge in [-0.3, -0.25) is 4.79 Å². The minimum atomic E-state index is -0.150. The van der Waals surface area contributed by atoms with E-state index in [4.69, 9.17) is 4.74 Å². The van der Waals surface area contributed by atoms with E-state index < -0.39 is 0 Å². The molecule has 2 aromatic carbocycles. The molecule has 5 nitrogen and oxygen atoms in total. The van der Waals surface area contributed by atoms with Gasteiger partial charge in [0.15, 0.2) is 0 Å². The highest BCUT2D eigenvalue weighted by Crippen LogP contribution is 2.21. The first-order valence-corrected chi connectivity index (χ1v) is 8.13. The maximum absolute atomic E-state index is 12.4. The number of aryl methyl sites for hydroxylation is 2. The molecule has 0 saturated carbocycles. The number of amides is 1. The number of hydrogen-bond acceptors (Lipinski definition) is 4.